The number of rotatable bonds is 3. The van der Waals surface area contributed by atoms with Crippen molar-refractivity contribution in [1.29, 1.82) is 0 Å². The minimum atomic E-state index is 0.0824. The zero-order valence-corrected chi connectivity index (χ0v) is 12.2. The predicted molar refractivity (Wildman–Crippen MR) is 83.2 cm³/mol. The van der Waals surface area contributed by atoms with Gasteiger partial charge in [-0.1, -0.05) is 19.1 Å². The Balaban J connectivity index is 1.98. The summed E-state index contributed by atoms with van der Waals surface area (Å²) in [6.07, 6.45) is 4.55. The number of nitrogens with zero attached hydrogens (tertiary/aromatic N) is 2. The Bertz CT molecular complexity index is 498. The summed E-state index contributed by atoms with van der Waals surface area (Å²) in [5, 5.41) is 0. The van der Waals surface area contributed by atoms with Gasteiger partial charge in [0.15, 0.2) is 0 Å². The van der Waals surface area contributed by atoms with E-state index >= 15 is 0 Å². The van der Waals surface area contributed by atoms with Gasteiger partial charge in [-0.3, -0.25) is 9.69 Å². The van der Waals surface area contributed by atoms with Crippen LogP contribution in [0.5, 0.6) is 0 Å². The van der Waals surface area contributed by atoms with Crippen LogP contribution in [0.1, 0.15) is 18.9 Å². The highest BCUT2D eigenvalue weighted by Gasteiger charge is 2.24. The molecule has 0 spiro atoms. The lowest BCUT2D eigenvalue weighted by atomic mass is 10.1. The van der Waals surface area contributed by atoms with E-state index in [9.17, 15) is 4.79 Å². The van der Waals surface area contributed by atoms with Crippen LogP contribution in [0.3, 0.4) is 0 Å². The van der Waals surface area contributed by atoms with Crippen molar-refractivity contribution in [2.75, 3.05) is 32.4 Å². The molecule has 1 atom stereocenters. The Kier molecular flexibility index (Phi) is 4.79. The van der Waals surface area contributed by atoms with Gasteiger partial charge in [-0.2, -0.15) is 0 Å². The summed E-state index contributed by atoms with van der Waals surface area (Å²) in [6, 6.07) is 8.00. The summed E-state index contributed by atoms with van der Waals surface area (Å²) in [7, 11) is 2.12. The van der Waals surface area contributed by atoms with Crippen molar-refractivity contribution < 1.29 is 4.79 Å². The third kappa shape index (κ3) is 3.61. The van der Waals surface area contributed by atoms with Crippen LogP contribution in [0.25, 0.3) is 6.08 Å². The summed E-state index contributed by atoms with van der Waals surface area (Å²) in [6.45, 7) is 4.72. The van der Waals surface area contributed by atoms with Gasteiger partial charge >= 0.3 is 0 Å². The molecular formula is C16H23N3O. The van der Waals surface area contributed by atoms with Crippen LogP contribution in [0.4, 0.5) is 5.69 Å². The molecular weight excluding hydrogens is 250 g/mol. The molecule has 1 unspecified atom stereocenters. The van der Waals surface area contributed by atoms with Crippen molar-refractivity contribution in [1.82, 2.24) is 9.80 Å². The summed E-state index contributed by atoms with van der Waals surface area (Å²) in [5.41, 5.74) is 7.40. The maximum atomic E-state index is 12.2. The smallest absolute Gasteiger partial charge is 0.246 e. The summed E-state index contributed by atoms with van der Waals surface area (Å²) < 4.78 is 0. The number of amides is 1. The molecule has 0 radical (unpaired) electrons. The van der Waals surface area contributed by atoms with Crippen LogP contribution >= 0.6 is 0 Å². The zero-order valence-electron chi connectivity index (χ0n) is 12.2. The number of carbonyl (C=O) groups excluding carboxylic acids is 1. The molecule has 1 amide bonds. The largest absolute Gasteiger partial charge is 0.399 e. The van der Waals surface area contributed by atoms with E-state index in [0.717, 1.165) is 31.6 Å². The van der Waals surface area contributed by atoms with Gasteiger partial charge in [0.2, 0.25) is 5.91 Å². The van der Waals surface area contributed by atoms with E-state index in [1.165, 1.54) is 0 Å². The number of piperazine rings is 1. The van der Waals surface area contributed by atoms with Crippen LogP contribution in [-0.2, 0) is 4.79 Å². The minimum Gasteiger partial charge on any atom is -0.399 e. The molecule has 1 saturated heterocycles. The molecule has 20 heavy (non-hydrogen) atoms. The van der Waals surface area contributed by atoms with Crippen molar-refractivity contribution in [2.24, 2.45) is 0 Å². The average Bonchev–Trinajstić information content (AvgIpc) is 2.45. The van der Waals surface area contributed by atoms with Crippen molar-refractivity contribution in [3.05, 3.63) is 35.9 Å². The van der Waals surface area contributed by atoms with E-state index in [1.807, 2.05) is 35.2 Å². The number of carbonyl (C=O) groups is 1. The maximum absolute atomic E-state index is 12.2. The second-order valence-corrected chi connectivity index (χ2v) is 5.33. The molecule has 1 fully saturated rings. The Morgan fingerprint density at radius 2 is 2.25 bits per heavy atom. The lowest BCUT2D eigenvalue weighted by Gasteiger charge is -2.38. The minimum absolute atomic E-state index is 0.0824. The zero-order chi connectivity index (χ0) is 14.5. The fourth-order valence-corrected chi connectivity index (χ4v) is 2.52. The topological polar surface area (TPSA) is 49.6 Å². The predicted octanol–water partition coefficient (Wildman–Crippen LogP) is 1.83. The Morgan fingerprint density at radius 1 is 1.45 bits per heavy atom. The number of likely N-dealkylation sites (N-methyl/N-ethyl adjacent to an activating group) is 1. The van der Waals surface area contributed by atoms with Gasteiger partial charge in [-0.15, -0.1) is 0 Å². The normalized spacial score (nSPS) is 20.5. The van der Waals surface area contributed by atoms with Crippen molar-refractivity contribution in [2.45, 2.75) is 19.4 Å². The molecule has 1 aliphatic heterocycles. The van der Waals surface area contributed by atoms with Gasteiger partial charge in [0.05, 0.1) is 0 Å². The highest BCUT2D eigenvalue weighted by molar-refractivity contribution is 5.92. The Morgan fingerprint density at radius 3 is 2.95 bits per heavy atom. The number of hydrogen-bond donors (Lipinski definition) is 1. The highest BCUT2D eigenvalue weighted by atomic mass is 16.2. The van der Waals surface area contributed by atoms with Crippen LogP contribution in [-0.4, -0.2) is 48.4 Å². The lowest BCUT2D eigenvalue weighted by molar-refractivity contribution is -0.128. The standard InChI is InChI=1S/C16H23N3O/c1-3-15-12-19(10-9-18(15)2)16(20)8-7-13-5-4-6-14(17)11-13/h4-8,11,15H,3,9-10,12,17H2,1-2H3/b8-7+. The number of hydrogen-bond acceptors (Lipinski definition) is 3. The average molecular weight is 273 g/mol. The van der Waals surface area contributed by atoms with Crippen molar-refractivity contribution in [3.63, 3.8) is 0 Å². The first-order chi connectivity index (χ1) is 9.60. The lowest BCUT2D eigenvalue weighted by Crippen LogP contribution is -2.52. The molecule has 0 aliphatic carbocycles. The first-order valence-electron chi connectivity index (χ1n) is 7.13. The van der Waals surface area contributed by atoms with E-state index in [4.69, 9.17) is 5.73 Å². The van der Waals surface area contributed by atoms with Gasteiger partial charge < -0.3 is 10.6 Å². The summed E-state index contributed by atoms with van der Waals surface area (Å²) in [5.74, 6) is 0.0824. The number of nitrogen functional groups attached to an aromatic ring is 1. The van der Waals surface area contributed by atoms with Gasteiger partial charge in [0, 0.05) is 37.4 Å². The third-order valence-corrected chi connectivity index (χ3v) is 3.89. The van der Waals surface area contributed by atoms with Crippen molar-refractivity contribution in [3.8, 4) is 0 Å². The van der Waals surface area contributed by atoms with E-state index in [-0.39, 0.29) is 5.91 Å². The Labute approximate surface area is 120 Å². The molecule has 1 aliphatic rings. The molecule has 1 aromatic carbocycles. The van der Waals surface area contributed by atoms with Crippen LogP contribution in [0.15, 0.2) is 30.3 Å². The molecule has 4 nitrogen and oxygen atoms in total. The number of benzene rings is 1. The molecule has 1 aromatic rings. The second kappa shape index (κ2) is 6.57. The Hall–Kier alpha value is -1.81. The molecule has 2 rings (SSSR count). The molecule has 0 saturated carbocycles. The van der Waals surface area contributed by atoms with E-state index < -0.39 is 0 Å². The summed E-state index contributed by atoms with van der Waals surface area (Å²) >= 11 is 0. The van der Waals surface area contributed by atoms with Gasteiger partial charge in [0.1, 0.15) is 0 Å². The first-order valence-corrected chi connectivity index (χ1v) is 7.13. The molecule has 1 heterocycles. The van der Waals surface area contributed by atoms with E-state index in [0.29, 0.717) is 11.7 Å². The molecule has 0 bridgehead atoms. The second-order valence-electron chi connectivity index (χ2n) is 5.33. The quantitative estimate of drug-likeness (QED) is 0.675. The van der Waals surface area contributed by atoms with Crippen LogP contribution in [0.2, 0.25) is 0 Å². The fourth-order valence-electron chi connectivity index (χ4n) is 2.52. The maximum Gasteiger partial charge on any atom is 0.246 e. The van der Waals surface area contributed by atoms with Crippen LogP contribution < -0.4 is 5.73 Å². The first kappa shape index (κ1) is 14.6. The SMILES string of the molecule is CCC1CN(C(=O)/C=C/c2cccc(N)c2)CCN1C. The molecule has 108 valence electrons. The van der Waals surface area contributed by atoms with Gasteiger partial charge in [-0.05, 0) is 37.2 Å². The highest BCUT2D eigenvalue weighted by Crippen LogP contribution is 2.12. The molecule has 0 aromatic heterocycles. The third-order valence-electron chi connectivity index (χ3n) is 3.89. The number of anilines is 1. The monoisotopic (exact) mass is 273 g/mol. The summed E-state index contributed by atoms with van der Waals surface area (Å²) in [4.78, 5) is 16.5. The van der Waals surface area contributed by atoms with Crippen LogP contribution in [0, 0.1) is 0 Å². The number of nitrogens with two attached hydrogens (primary N) is 1. The van der Waals surface area contributed by atoms with Crippen molar-refractivity contribution >= 4 is 17.7 Å². The molecule has 4 heteroatoms. The van der Waals surface area contributed by atoms with E-state index in [1.54, 1.807) is 6.08 Å². The fraction of sp³-hybridized carbons (Fsp3) is 0.438. The molecule has 2 N–H and O–H groups in total. The van der Waals surface area contributed by atoms with Gasteiger partial charge in [0.25, 0.3) is 0 Å². The van der Waals surface area contributed by atoms with Gasteiger partial charge in [-0.25, -0.2) is 0 Å². The van der Waals surface area contributed by atoms with E-state index in [2.05, 4.69) is 18.9 Å².